The summed E-state index contributed by atoms with van der Waals surface area (Å²) in [5, 5.41) is 0.540. The number of carbonyl (C=O) groups is 1. The van der Waals surface area contributed by atoms with Crippen molar-refractivity contribution in [3.05, 3.63) is 28.8 Å². The Balaban J connectivity index is 2.19. The molecule has 98 valence electrons. The summed E-state index contributed by atoms with van der Waals surface area (Å²) < 4.78 is 0. The van der Waals surface area contributed by atoms with E-state index >= 15 is 0 Å². The number of anilines is 1. The third-order valence-corrected chi connectivity index (χ3v) is 4.41. The normalized spacial score (nSPS) is 23.7. The van der Waals surface area contributed by atoms with E-state index in [0.717, 1.165) is 12.0 Å². The molecule has 2 atom stereocenters. The lowest BCUT2D eigenvalue weighted by molar-refractivity contribution is 0.112. The standard InChI is InChI=1S/C15H20ClNO/c1-11-5-3-4-6-15(11)17(2)13-8-7-12(10-18)14(16)9-13/h7-11,15H,3-6H2,1-2H3. The predicted octanol–water partition coefficient (Wildman–Crippen LogP) is 4.17. The molecule has 3 heteroatoms. The van der Waals surface area contributed by atoms with Gasteiger partial charge in [-0.05, 0) is 37.0 Å². The highest BCUT2D eigenvalue weighted by molar-refractivity contribution is 6.33. The van der Waals surface area contributed by atoms with Crippen LogP contribution in [-0.2, 0) is 0 Å². The summed E-state index contributed by atoms with van der Waals surface area (Å²) in [5.41, 5.74) is 1.66. The number of hydrogen-bond donors (Lipinski definition) is 0. The van der Waals surface area contributed by atoms with E-state index in [0.29, 0.717) is 22.5 Å². The van der Waals surface area contributed by atoms with Crippen molar-refractivity contribution in [1.82, 2.24) is 0 Å². The van der Waals surface area contributed by atoms with Crippen LogP contribution >= 0.6 is 11.6 Å². The first kappa shape index (κ1) is 13.4. The van der Waals surface area contributed by atoms with Gasteiger partial charge in [-0.15, -0.1) is 0 Å². The second kappa shape index (κ2) is 5.75. The third kappa shape index (κ3) is 2.69. The first-order valence-corrected chi connectivity index (χ1v) is 6.99. The smallest absolute Gasteiger partial charge is 0.151 e. The molecule has 0 aliphatic heterocycles. The Labute approximate surface area is 114 Å². The van der Waals surface area contributed by atoms with E-state index in [1.165, 1.54) is 25.7 Å². The van der Waals surface area contributed by atoms with E-state index in [1.54, 1.807) is 6.07 Å². The molecule has 0 N–H and O–H groups in total. The highest BCUT2D eigenvalue weighted by atomic mass is 35.5. The summed E-state index contributed by atoms with van der Waals surface area (Å²) in [6.07, 6.45) is 5.99. The van der Waals surface area contributed by atoms with Crippen molar-refractivity contribution in [3.8, 4) is 0 Å². The van der Waals surface area contributed by atoms with Gasteiger partial charge < -0.3 is 4.90 Å². The third-order valence-electron chi connectivity index (χ3n) is 4.08. The van der Waals surface area contributed by atoms with Gasteiger partial charge in [-0.2, -0.15) is 0 Å². The van der Waals surface area contributed by atoms with E-state index in [4.69, 9.17) is 11.6 Å². The van der Waals surface area contributed by atoms with E-state index in [9.17, 15) is 4.79 Å². The van der Waals surface area contributed by atoms with Gasteiger partial charge in [0.15, 0.2) is 6.29 Å². The number of carbonyl (C=O) groups excluding carboxylic acids is 1. The highest BCUT2D eigenvalue weighted by Crippen LogP contribution is 2.31. The molecule has 1 saturated carbocycles. The molecule has 0 radical (unpaired) electrons. The Morgan fingerprint density at radius 1 is 1.33 bits per heavy atom. The number of aldehydes is 1. The van der Waals surface area contributed by atoms with Gasteiger partial charge in [-0.1, -0.05) is 31.4 Å². The molecule has 0 aromatic heterocycles. The van der Waals surface area contributed by atoms with Gasteiger partial charge in [0.05, 0.1) is 5.02 Å². The lowest BCUT2D eigenvalue weighted by atomic mass is 9.85. The largest absolute Gasteiger partial charge is 0.371 e. The minimum Gasteiger partial charge on any atom is -0.371 e. The van der Waals surface area contributed by atoms with Crippen LogP contribution < -0.4 is 4.90 Å². The number of rotatable bonds is 3. The molecular formula is C15H20ClNO. The molecule has 2 nitrogen and oxygen atoms in total. The summed E-state index contributed by atoms with van der Waals surface area (Å²) in [7, 11) is 2.12. The summed E-state index contributed by atoms with van der Waals surface area (Å²) in [5.74, 6) is 0.716. The van der Waals surface area contributed by atoms with Crippen LogP contribution in [0.2, 0.25) is 5.02 Å². The fraction of sp³-hybridized carbons (Fsp3) is 0.533. The molecular weight excluding hydrogens is 246 g/mol. The first-order valence-electron chi connectivity index (χ1n) is 6.61. The zero-order valence-electron chi connectivity index (χ0n) is 11.0. The molecule has 2 unspecified atom stereocenters. The molecule has 1 aliphatic carbocycles. The van der Waals surface area contributed by atoms with Gasteiger partial charge in [0.2, 0.25) is 0 Å². The van der Waals surface area contributed by atoms with Gasteiger partial charge in [0.25, 0.3) is 0 Å². The Kier molecular flexibility index (Phi) is 4.28. The van der Waals surface area contributed by atoms with Crippen molar-refractivity contribution in [3.63, 3.8) is 0 Å². The topological polar surface area (TPSA) is 20.3 Å². The predicted molar refractivity (Wildman–Crippen MR) is 76.7 cm³/mol. The monoisotopic (exact) mass is 265 g/mol. The van der Waals surface area contributed by atoms with Crippen molar-refractivity contribution in [2.24, 2.45) is 5.92 Å². The average molecular weight is 266 g/mol. The van der Waals surface area contributed by atoms with Crippen LogP contribution in [0.4, 0.5) is 5.69 Å². The summed E-state index contributed by atoms with van der Waals surface area (Å²) in [4.78, 5) is 13.1. The number of hydrogen-bond acceptors (Lipinski definition) is 2. The van der Waals surface area contributed by atoms with Gasteiger partial charge in [-0.25, -0.2) is 0 Å². The van der Waals surface area contributed by atoms with E-state index in [1.807, 2.05) is 12.1 Å². The number of halogens is 1. The lowest BCUT2D eigenvalue weighted by Crippen LogP contribution is -2.38. The number of nitrogens with zero attached hydrogens (tertiary/aromatic N) is 1. The molecule has 1 fully saturated rings. The summed E-state index contributed by atoms with van der Waals surface area (Å²) in [6.45, 7) is 2.32. The Morgan fingerprint density at radius 3 is 2.67 bits per heavy atom. The molecule has 0 amide bonds. The zero-order valence-corrected chi connectivity index (χ0v) is 11.8. The number of benzene rings is 1. The lowest BCUT2D eigenvalue weighted by Gasteiger charge is -2.37. The molecule has 1 aromatic rings. The maximum atomic E-state index is 10.8. The van der Waals surface area contributed by atoms with Crippen molar-refractivity contribution < 1.29 is 4.79 Å². The molecule has 18 heavy (non-hydrogen) atoms. The van der Waals surface area contributed by atoms with E-state index in [-0.39, 0.29) is 0 Å². The van der Waals surface area contributed by atoms with Crippen LogP contribution in [0.5, 0.6) is 0 Å². The maximum absolute atomic E-state index is 10.8. The molecule has 0 spiro atoms. The van der Waals surface area contributed by atoms with Crippen LogP contribution in [0.3, 0.4) is 0 Å². The Hall–Kier alpha value is -1.02. The minimum absolute atomic E-state index is 0.540. The van der Waals surface area contributed by atoms with Gasteiger partial charge >= 0.3 is 0 Å². The van der Waals surface area contributed by atoms with Crippen LogP contribution in [-0.4, -0.2) is 19.4 Å². The molecule has 0 bridgehead atoms. The van der Waals surface area contributed by atoms with Crippen molar-refractivity contribution >= 4 is 23.6 Å². The van der Waals surface area contributed by atoms with Crippen LogP contribution in [0.15, 0.2) is 18.2 Å². The average Bonchev–Trinajstić information content (AvgIpc) is 2.38. The first-order chi connectivity index (χ1) is 8.63. The summed E-state index contributed by atoms with van der Waals surface area (Å²) >= 11 is 6.09. The van der Waals surface area contributed by atoms with E-state index < -0.39 is 0 Å². The second-order valence-corrected chi connectivity index (χ2v) is 5.67. The van der Waals surface area contributed by atoms with Crippen LogP contribution in [0.1, 0.15) is 43.0 Å². The fourth-order valence-electron chi connectivity index (χ4n) is 2.89. The van der Waals surface area contributed by atoms with Crippen molar-refractivity contribution in [2.45, 2.75) is 38.6 Å². The van der Waals surface area contributed by atoms with Crippen LogP contribution in [0, 0.1) is 5.92 Å². The molecule has 2 rings (SSSR count). The van der Waals surface area contributed by atoms with Crippen molar-refractivity contribution in [2.75, 3.05) is 11.9 Å². The maximum Gasteiger partial charge on any atom is 0.151 e. The van der Waals surface area contributed by atoms with Crippen molar-refractivity contribution in [1.29, 1.82) is 0 Å². The second-order valence-electron chi connectivity index (χ2n) is 5.26. The van der Waals surface area contributed by atoms with E-state index in [2.05, 4.69) is 18.9 Å². The Morgan fingerprint density at radius 2 is 2.06 bits per heavy atom. The molecule has 1 aromatic carbocycles. The molecule has 0 saturated heterocycles. The molecule has 0 heterocycles. The molecule has 1 aliphatic rings. The quantitative estimate of drug-likeness (QED) is 0.765. The van der Waals surface area contributed by atoms with Crippen LogP contribution in [0.25, 0.3) is 0 Å². The highest BCUT2D eigenvalue weighted by Gasteiger charge is 2.25. The van der Waals surface area contributed by atoms with Gasteiger partial charge in [0.1, 0.15) is 0 Å². The zero-order chi connectivity index (χ0) is 13.1. The SMILES string of the molecule is CC1CCCCC1N(C)c1ccc(C=O)c(Cl)c1. The summed E-state index contributed by atoms with van der Waals surface area (Å²) in [6, 6.07) is 6.26. The minimum atomic E-state index is 0.540. The Bertz CT molecular complexity index is 433. The van der Waals surface area contributed by atoms with Gasteiger partial charge in [-0.3, -0.25) is 4.79 Å². The van der Waals surface area contributed by atoms with Gasteiger partial charge in [0, 0.05) is 24.3 Å². The fourth-order valence-corrected chi connectivity index (χ4v) is 3.11.